The average Bonchev–Trinajstić information content (AvgIpc) is 3.18. The summed E-state index contributed by atoms with van der Waals surface area (Å²) in [5.74, 6) is -0.530. The Labute approximate surface area is 164 Å². The Morgan fingerprint density at radius 1 is 1.00 bits per heavy atom. The smallest absolute Gasteiger partial charge is 0.246 e. The summed E-state index contributed by atoms with van der Waals surface area (Å²) < 4.78 is 0. The Morgan fingerprint density at radius 2 is 1.61 bits per heavy atom. The van der Waals surface area contributed by atoms with Crippen LogP contribution < -0.4 is 16.0 Å². The Kier molecular flexibility index (Phi) is 6.41. The molecule has 0 saturated heterocycles. The molecule has 1 atom stereocenters. The highest BCUT2D eigenvalue weighted by atomic mass is 16.2. The number of benzene rings is 2. The van der Waals surface area contributed by atoms with Gasteiger partial charge in [-0.15, -0.1) is 0 Å². The largest absolute Gasteiger partial charge is 0.337 e. The summed E-state index contributed by atoms with van der Waals surface area (Å²) in [6.45, 7) is -0.0504. The van der Waals surface area contributed by atoms with Gasteiger partial charge in [-0.1, -0.05) is 48.5 Å². The van der Waals surface area contributed by atoms with Gasteiger partial charge in [-0.25, -0.2) is 0 Å². The molecule has 3 rings (SSSR count). The average molecular weight is 376 g/mol. The van der Waals surface area contributed by atoms with Crippen LogP contribution in [-0.2, 0) is 9.59 Å². The number of nitrogens with zero attached hydrogens (tertiary/aromatic N) is 1. The summed E-state index contributed by atoms with van der Waals surface area (Å²) in [6, 6.07) is 20.0. The third-order valence-electron chi connectivity index (χ3n) is 4.95. The molecule has 1 unspecified atom stereocenters. The van der Waals surface area contributed by atoms with Crippen molar-refractivity contribution in [1.82, 2.24) is 10.6 Å². The molecule has 1 aliphatic carbocycles. The molecule has 0 bridgehead atoms. The molecule has 2 aromatic carbocycles. The number of anilines is 1. The normalized spacial score (nSPS) is 16.0. The van der Waals surface area contributed by atoms with E-state index in [1.54, 1.807) is 0 Å². The zero-order chi connectivity index (χ0) is 19.8. The first-order chi connectivity index (χ1) is 13.6. The maximum Gasteiger partial charge on any atom is 0.246 e. The summed E-state index contributed by atoms with van der Waals surface area (Å²) >= 11 is 0. The summed E-state index contributed by atoms with van der Waals surface area (Å²) in [5.41, 5.74) is 0.682. The lowest BCUT2D eigenvalue weighted by molar-refractivity contribution is -0.122. The monoisotopic (exact) mass is 376 g/mol. The highest BCUT2D eigenvalue weighted by Crippen LogP contribution is 2.28. The summed E-state index contributed by atoms with van der Waals surface area (Å²) in [7, 11) is 0. The molecule has 1 fully saturated rings. The fraction of sp³-hybridized carbons (Fsp3) is 0.318. The van der Waals surface area contributed by atoms with Crippen LogP contribution in [0.2, 0.25) is 0 Å². The van der Waals surface area contributed by atoms with Crippen molar-refractivity contribution in [2.75, 3.05) is 11.9 Å². The third kappa shape index (κ3) is 4.96. The molecule has 0 heterocycles. The van der Waals surface area contributed by atoms with Gasteiger partial charge in [0.05, 0.1) is 12.6 Å². The first-order valence-electron chi connectivity index (χ1n) is 9.48. The predicted octanol–water partition coefficient (Wildman–Crippen LogP) is 2.91. The highest BCUT2D eigenvalue weighted by Gasteiger charge is 2.35. The van der Waals surface area contributed by atoms with Gasteiger partial charge >= 0.3 is 0 Å². The SMILES string of the molecule is N#CC1(NC(=O)CNC(C(=O)Nc2ccccc2)c2ccccc2)CCCC1. The molecule has 3 N–H and O–H groups in total. The quantitative estimate of drug-likeness (QED) is 0.693. The number of hydrogen-bond donors (Lipinski definition) is 3. The van der Waals surface area contributed by atoms with Gasteiger partial charge in [0.1, 0.15) is 11.6 Å². The molecule has 2 aromatic rings. The van der Waals surface area contributed by atoms with Gasteiger partial charge < -0.3 is 10.6 Å². The molecule has 0 spiro atoms. The second-order valence-electron chi connectivity index (χ2n) is 7.03. The molecule has 144 valence electrons. The van der Waals surface area contributed by atoms with E-state index in [9.17, 15) is 14.9 Å². The molecule has 1 aliphatic rings. The highest BCUT2D eigenvalue weighted by molar-refractivity contribution is 5.96. The summed E-state index contributed by atoms with van der Waals surface area (Å²) in [4.78, 5) is 25.3. The van der Waals surface area contributed by atoms with E-state index in [0.717, 1.165) is 18.4 Å². The van der Waals surface area contributed by atoms with Gasteiger partial charge in [0.2, 0.25) is 11.8 Å². The van der Waals surface area contributed by atoms with Crippen LogP contribution in [0.5, 0.6) is 0 Å². The molecule has 0 aromatic heterocycles. The van der Waals surface area contributed by atoms with Crippen LogP contribution in [0.3, 0.4) is 0 Å². The van der Waals surface area contributed by atoms with E-state index in [0.29, 0.717) is 18.5 Å². The minimum absolute atomic E-state index is 0.0504. The predicted molar refractivity (Wildman–Crippen MR) is 107 cm³/mol. The van der Waals surface area contributed by atoms with E-state index in [2.05, 4.69) is 22.0 Å². The Morgan fingerprint density at radius 3 is 2.21 bits per heavy atom. The molecular formula is C22H24N4O2. The number of amides is 2. The van der Waals surface area contributed by atoms with Gasteiger partial charge in [0.25, 0.3) is 0 Å². The first kappa shape index (κ1) is 19.6. The number of rotatable bonds is 7. The Bertz CT molecular complexity index is 840. The van der Waals surface area contributed by atoms with Gasteiger partial charge in [-0.05, 0) is 43.4 Å². The maximum atomic E-state index is 12.8. The van der Waals surface area contributed by atoms with Gasteiger partial charge in [-0.2, -0.15) is 5.26 Å². The molecule has 1 saturated carbocycles. The lowest BCUT2D eigenvalue weighted by Crippen LogP contribution is -2.49. The number of carbonyl (C=O) groups excluding carboxylic acids is 2. The zero-order valence-corrected chi connectivity index (χ0v) is 15.7. The number of nitriles is 1. The lowest BCUT2D eigenvalue weighted by Gasteiger charge is -2.23. The van der Waals surface area contributed by atoms with Crippen LogP contribution in [0.4, 0.5) is 5.69 Å². The van der Waals surface area contributed by atoms with Crippen molar-refractivity contribution in [2.24, 2.45) is 0 Å². The molecule has 0 aliphatic heterocycles. The number of nitrogens with one attached hydrogen (secondary N) is 3. The van der Waals surface area contributed by atoms with E-state index < -0.39 is 11.6 Å². The van der Waals surface area contributed by atoms with Crippen LogP contribution in [0, 0.1) is 11.3 Å². The summed E-state index contributed by atoms with van der Waals surface area (Å²) in [5, 5.41) is 18.2. The van der Waals surface area contributed by atoms with Gasteiger partial charge in [-0.3, -0.25) is 14.9 Å². The standard InChI is InChI=1S/C22H24N4O2/c23-16-22(13-7-8-14-22)26-19(27)15-24-20(17-9-3-1-4-10-17)21(28)25-18-11-5-2-6-12-18/h1-6,9-12,20,24H,7-8,13-15H2,(H,25,28)(H,26,27). The summed E-state index contributed by atoms with van der Waals surface area (Å²) in [6.07, 6.45) is 3.22. The second-order valence-corrected chi connectivity index (χ2v) is 7.03. The Balaban J connectivity index is 1.67. The van der Waals surface area contributed by atoms with Crippen LogP contribution in [0.15, 0.2) is 60.7 Å². The zero-order valence-electron chi connectivity index (χ0n) is 15.7. The van der Waals surface area contributed by atoms with Crippen LogP contribution in [0.25, 0.3) is 0 Å². The van der Waals surface area contributed by atoms with Crippen molar-refractivity contribution in [3.8, 4) is 6.07 Å². The fourth-order valence-electron chi connectivity index (χ4n) is 3.49. The molecular weight excluding hydrogens is 352 g/mol. The van der Waals surface area contributed by atoms with E-state index in [1.165, 1.54) is 0 Å². The van der Waals surface area contributed by atoms with Gasteiger partial charge in [0.15, 0.2) is 0 Å². The number of carbonyl (C=O) groups is 2. The van der Waals surface area contributed by atoms with Crippen molar-refractivity contribution in [1.29, 1.82) is 5.26 Å². The maximum absolute atomic E-state index is 12.8. The van der Waals surface area contributed by atoms with Crippen LogP contribution in [-0.4, -0.2) is 23.9 Å². The van der Waals surface area contributed by atoms with Crippen LogP contribution in [0.1, 0.15) is 37.3 Å². The van der Waals surface area contributed by atoms with Crippen LogP contribution >= 0.6 is 0 Å². The van der Waals surface area contributed by atoms with Crippen molar-refractivity contribution in [2.45, 2.75) is 37.3 Å². The topological polar surface area (TPSA) is 94.0 Å². The Hall–Kier alpha value is -3.17. The van der Waals surface area contributed by atoms with Gasteiger partial charge in [0, 0.05) is 5.69 Å². The van der Waals surface area contributed by atoms with Crippen molar-refractivity contribution in [3.63, 3.8) is 0 Å². The van der Waals surface area contributed by atoms with E-state index in [4.69, 9.17) is 0 Å². The molecule has 0 radical (unpaired) electrons. The number of hydrogen-bond acceptors (Lipinski definition) is 4. The third-order valence-corrected chi connectivity index (χ3v) is 4.95. The second kappa shape index (κ2) is 9.16. The van der Waals surface area contributed by atoms with Crippen molar-refractivity contribution in [3.05, 3.63) is 66.2 Å². The first-order valence-corrected chi connectivity index (χ1v) is 9.48. The van der Waals surface area contributed by atoms with Crippen molar-refractivity contribution < 1.29 is 9.59 Å². The molecule has 6 nitrogen and oxygen atoms in total. The number of para-hydroxylation sites is 1. The molecule has 2 amide bonds. The lowest BCUT2D eigenvalue weighted by atomic mass is 10.00. The minimum Gasteiger partial charge on any atom is -0.337 e. The minimum atomic E-state index is -0.771. The van der Waals surface area contributed by atoms with E-state index >= 15 is 0 Å². The molecule has 6 heteroatoms. The van der Waals surface area contributed by atoms with E-state index in [1.807, 2.05) is 60.7 Å². The van der Waals surface area contributed by atoms with Crippen molar-refractivity contribution >= 4 is 17.5 Å². The van der Waals surface area contributed by atoms with E-state index in [-0.39, 0.29) is 18.4 Å². The fourth-order valence-corrected chi connectivity index (χ4v) is 3.49. The molecule has 28 heavy (non-hydrogen) atoms.